The minimum atomic E-state index is -0.538. The topological polar surface area (TPSA) is 62.7 Å². The fraction of sp³-hybridized carbons (Fsp3) is 0.480. The number of hydrogen-bond donors (Lipinski definition) is 0. The van der Waals surface area contributed by atoms with Gasteiger partial charge in [-0.2, -0.15) is 0 Å². The number of anilines is 2. The Hall–Kier alpha value is -2.89. The number of nitrogens with zero attached hydrogens (tertiary/aromatic N) is 3. The minimum Gasteiger partial charge on any atom is -0.456 e. The monoisotopic (exact) mass is 421 g/mol. The molecule has 2 aliphatic heterocycles. The van der Waals surface area contributed by atoms with Gasteiger partial charge in [-0.3, -0.25) is 4.79 Å². The predicted octanol–water partition coefficient (Wildman–Crippen LogP) is 4.75. The zero-order valence-electron chi connectivity index (χ0n) is 18.7. The number of carbonyl (C=O) groups is 2. The van der Waals surface area contributed by atoms with Crippen molar-refractivity contribution in [3.8, 4) is 0 Å². The van der Waals surface area contributed by atoms with E-state index in [-0.39, 0.29) is 11.9 Å². The Bertz CT molecular complexity index is 974. The highest BCUT2D eigenvalue weighted by atomic mass is 16.6. The summed E-state index contributed by atoms with van der Waals surface area (Å²) in [4.78, 5) is 34.2. The number of ether oxygens (including phenoxy) is 1. The van der Waals surface area contributed by atoms with Crippen molar-refractivity contribution in [3.63, 3.8) is 0 Å². The smallest absolute Gasteiger partial charge is 0.338 e. The minimum absolute atomic E-state index is 0.0825. The lowest BCUT2D eigenvalue weighted by atomic mass is 10.0. The van der Waals surface area contributed by atoms with Crippen molar-refractivity contribution in [1.82, 2.24) is 9.88 Å². The normalized spacial score (nSPS) is 16.6. The predicted molar refractivity (Wildman–Crippen MR) is 121 cm³/mol. The van der Waals surface area contributed by atoms with Gasteiger partial charge in [-0.15, -0.1) is 0 Å². The maximum atomic E-state index is 12.9. The number of rotatable bonds is 3. The van der Waals surface area contributed by atoms with Crippen LogP contribution in [0.5, 0.6) is 0 Å². The van der Waals surface area contributed by atoms with Crippen LogP contribution >= 0.6 is 0 Å². The van der Waals surface area contributed by atoms with Crippen LogP contribution in [0.3, 0.4) is 0 Å². The summed E-state index contributed by atoms with van der Waals surface area (Å²) in [5.74, 6) is 0.615. The van der Waals surface area contributed by atoms with Gasteiger partial charge >= 0.3 is 5.97 Å². The van der Waals surface area contributed by atoms with E-state index in [9.17, 15) is 9.59 Å². The lowest BCUT2D eigenvalue weighted by Crippen LogP contribution is -2.36. The molecule has 0 radical (unpaired) electrons. The molecule has 0 spiro atoms. The Balaban J connectivity index is 1.58. The molecule has 164 valence electrons. The van der Waals surface area contributed by atoms with Gasteiger partial charge in [-0.05, 0) is 82.7 Å². The van der Waals surface area contributed by atoms with E-state index in [2.05, 4.69) is 9.88 Å². The highest BCUT2D eigenvalue weighted by Gasteiger charge is 2.25. The van der Waals surface area contributed by atoms with Crippen molar-refractivity contribution >= 4 is 23.4 Å². The molecule has 6 heteroatoms. The largest absolute Gasteiger partial charge is 0.456 e. The zero-order chi connectivity index (χ0) is 22.0. The summed E-state index contributed by atoms with van der Waals surface area (Å²) in [7, 11) is 0. The second kappa shape index (κ2) is 8.69. The van der Waals surface area contributed by atoms with E-state index in [1.807, 2.05) is 49.9 Å². The quantitative estimate of drug-likeness (QED) is 0.670. The molecule has 6 nitrogen and oxygen atoms in total. The molecule has 2 aromatic rings. The highest BCUT2D eigenvalue weighted by Crippen LogP contribution is 2.33. The van der Waals surface area contributed by atoms with Gasteiger partial charge in [0.05, 0.1) is 11.1 Å². The summed E-state index contributed by atoms with van der Waals surface area (Å²) < 4.78 is 5.52. The first-order valence-corrected chi connectivity index (χ1v) is 11.2. The number of esters is 1. The van der Waals surface area contributed by atoms with Gasteiger partial charge in [0.1, 0.15) is 11.4 Å². The van der Waals surface area contributed by atoms with Crippen LogP contribution in [0.25, 0.3) is 0 Å². The fourth-order valence-corrected chi connectivity index (χ4v) is 4.25. The number of pyridine rings is 1. The third-order valence-corrected chi connectivity index (χ3v) is 5.71. The molecule has 0 N–H and O–H groups in total. The molecule has 1 fully saturated rings. The number of hydrogen-bond acceptors (Lipinski definition) is 5. The van der Waals surface area contributed by atoms with Crippen molar-refractivity contribution in [2.75, 3.05) is 24.5 Å². The summed E-state index contributed by atoms with van der Waals surface area (Å²) in [6.07, 6.45) is 6.91. The molecule has 1 aromatic heterocycles. The van der Waals surface area contributed by atoms with Crippen LogP contribution in [-0.4, -0.2) is 47.0 Å². The molecule has 0 saturated carbocycles. The Morgan fingerprint density at radius 2 is 1.74 bits per heavy atom. The van der Waals surface area contributed by atoms with Crippen LogP contribution in [0.1, 0.15) is 72.7 Å². The van der Waals surface area contributed by atoms with Crippen molar-refractivity contribution in [2.45, 2.75) is 58.5 Å². The number of likely N-dealkylation sites (tertiary alicyclic amines) is 1. The number of amides is 1. The Kier molecular flexibility index (Phi) is 5.99. The standard InChI is InChI=1S/C25H31N3O3/c1-25(2,3)31-24(30)19-9-7-11-21(16-19)28-14-8-10-18-15-20(17-26-22(18)28)23(29)27-12-5-4-6-13-27/h7,9,11,15-17H,4-6,8,10,12-14H2,1-3H3. The second-order valence-electron chi connectivity index (χ2n) is 9.37. The number of aromatic nitrogens is 1. The molecule has 3 heterocycles. The molecule has 4 rings (SSSR count). The van der Waals surface area contributed by atoms with E-state index in [1.54, 1.807) is 12.3 Å². The van der Waals surface area contributed by atoms with Crippen LogP contribution in [0.2, 0.25) is 0 Å². The number of benzene rings is 1. The average Bonchev–Trinajstić information content (AvgIpc) is 2.77. The van der Waals surface area contributed by atoms with E-state index in [0.717, 1.165) is 62.4 Å². The summed E-state index contributed by atoms with van der Waals surface area (Å²) in [6, 6.07) is 9.49. The van der Waals surface area contributed by atoms with Crippen molar-refractivity contribution in [2.24, 2.45) is 0 Å². The van der Waals surface area contributed by atoms with E-state index in [0.29, 0.717) is 11.1 Å². The molecule has 31 heavy (non-hydrogen) atoms. The number of carbonyl (C=O) groups excluding carboxylic acids is 2. The third-order valence-electron chi connectivity index (χ3n) is 5.71. The summed E-state index contributed by atoms with van der Waals surface area (Å²) in [5.41, 5.74) is 2.65. The Labute approximate surface area is 184 Å². The molecule has 0 bridgehead atoms. The van der Waals surface area contributed by atoms with E-state index in [1.165, 1.54) is 6.42 Å². The van der Waals surface area contributed by atoms with Gasteiger partial charge < -0.3 is 14.5 Å². The van der Waals surface area contributed by atoms with Gasteiger partial charge in [0.25, 0.3) is 5.91 Å². The Morgan fingerprint density at radius 1 is 0.968 bits per heavy atom. The fourth-order valence-electron chi connectivity index (χ4n) is 4.25. The molecule has 1 aromatic carbocycles. The molecule has 0 aliphatic carbocycles. The maximum Gasteiger partial charge on any atom is 0.338 e. The first-order valence-electron chi connectivity index (χ1n) is 11.2. The van der Waals surface area contributed by atoms with Crippen LogP contribution in [0, 0.1) is 0 Å². The zero-order valence-corrected chi connectivity index (χ0v) is 18.7. The molecule has 1 saturated heterocycles. The molecule has 1 amide bonds. The van der Waals surface area contributed by atoms with Crippen molar-refractivity contribution < 1.29 is 14.3 Å². The molecule has 0 unspecified atom stereocenters. The summed E-state index contributed by atoms with van der Waals surface area (Å²) in [5, 5.41) is 0. The van der Waals surface area contributed by atoms with E-state index in [4.69, 9.17) is 4.74 Å². The molecule has 0 atom stereocenters. The van der Waals surface area contributed by atoms with E-state index >= 15 is 0 Å². The third kappa shape index (κ3) is 4.89. The van der Waals surface area contributed by atoms with E-state index < -0.39 is 5.60 Å². The van der Waals surface area contributed by atoms with Gasteiger partial charge in [-0.25, -0.2) is 9.78 Å². The number of piperidine rings is 1. The second-order valence-corrected chi connectivity index (χ2v) is 9.37. The maximum absolute atomic E-state index is 12.9. The van der Waals surface area contributed by atoms with Crippen LogP contribution in [0.4, 0.5) is 11.5 Å². The Morgan fingerprint density at radius 3 is 2.48 bits per heavy atom. The molecule has 2 aliphatic rings. The number of aryl methyl sites for hydroxylation is 1. The van der Waals surface area contributed by atoms with Gasteiger partial charge in [0, 0.05) is 31.5 Å². The number of fused-ring (bicyclic) bond motifs is 1. The molecular weight excluding hydrogens is 390 g/mol. The van der Waals surface area contributed by atoms with Crippen LogP contribution < -0.4 is 4.90 Å². The lowest BCUT2D eigenvalue weighted by molar-refractivity contribution is 0.00694. The van der Waals surface area contributed by atoms with Crippen LogP contribution in [-0.2, 0) is 11.2 Å². The first kappa shape index (κ1) is 21.3. The van der Waals surface area contributed by atoms with Gasteiger partial charge in [0.2, 0.25) is 0 Å². The van der Waals surface area contributed by atoms with Crippen LogP contribution in [0.15, 0.2) is 36.5 Å². The lowest BCUT2D eigenvalue weighted by Gasteiger charge is -2.31. The van der Waals surface area contributed by atoms with Crippen molar-refractivity contribution in [3.05, 3.63) is 53.2 Å². The van der Waals surface area contributed by atoms with Crippen molar-refractivity contribution in [1.29, 1.82) is 0 Å². The van der Waals surface area contributed by atoms with Gasteiger partial charge in [-0.1, -0.05) is 6.07 Å². The SMILES string of the molecule is CC(C)(C)OC(=O)c1cccc(N2CCCc3cc(C(=O)N4CCCCC4)cnc32)c1. The average molecular weight is 422 g/mol. The highest BCUT2D eigenvalue weighted by molar-refractivity contribution is 5.95. The summed E-state index contributed by atoms with van der Waals surface area (Å²) in [6.45, 7) is 8.07. The molecular formula is C25H31N3O3. The first-order chi connectivity index (χ1) is 14.8. The summed E-state index contributed by atoms with van der Waals surface area (Å²) >= 11 is 0. The van der Waals surface area contributed by atoms with Gasteiger partial charge in [0.15, 0.2) is 0 Å².